The zero-order valence-electron chi connectivity index (χ0n) is 26.9. The maximum Gasteiger partial charge on any atom is 0.251 e. The summed E-state index contributed by atoms with van der Waals surface area (Å²) >= 11 is 1.25. The van der Waals surface area contributed by atoms with Gasteiger partial charge in [-0.2, -0.15) is 4.31 Å². The van der Waals surface area contributed by atoms with Gasteiger partial charge in [0.05, 0.1) is 37.1 Å². The van der Waals surface area contributed by atoms with E-state index in [1.807, 2.05) is 23.1 Å². The third-order valence-electron chi connectivity index (χ3n) is 8.54. The van der Waals surface area contributed by atoms with Crippen LogP contribution in [0.15, 0.2) is 76.8 Å². The summed E-state index contributed by atoms with van der Waals surface area (Å²) in [5.74, 6) is 1.17. The van der Waals surface area contributed by atoms with Crippen molar-refractivity contribution in [1.82, 2.24) is 24.4 Å². The van der Waals surface area contributed by atoms with Crippen LogP contribution in [0.5, 0.6) is 11.5 Å². The second-order valence-corrected chi connectivity index (χ2v) is 14.4. The molecule has 2 aliphatic heterocycles. The molecule has 0 radical (unpaired) electrons. The molecule has 0 aliphatic carbocycles. The van der Waals surface area contributed by atoms with Crippen LogP contribution in [0.1, 0.15) is 47.4 Å². The number of rotatable bonds is 11. The molecule has 0 bridgehead atoms. The first-order valence-electron chi connectivity index (χ1n) is 15.9. The van der Waals surface area contributed by atoms with Crippen LogP contribution in [0.2, 0.25) is 0 Å². The summed E-state index contributed by atoms with van der Waals surface area (Å²) in [6, 6.07) is 19.2. The number of para-hydroxylation sites is 1. The van der Waals surface area contributed by atoms with E-state index in [1.54, 1.807) is 37.0 Å². The van der Waals surface area contributed by atoms with Crippen LogP contribution in [0.3, 0.4) is 0 Å². The van der Waals surface area contributed by atoms with Crippen LogP contribution in [0.25, 0.3) is 5.69 Å². The standard InChI is InChI=1S/C34H38N6O6S2/c1-45-26-14-17-30(46-2)29(21-26)40-31(36-37-34(40)47-23-32(41)39-20-8-10-24-9-4-5-11-28(24)39)22-35-33(42)25-12-15-27(16-13-25)48(43,44)38-18-6-3-7-19-38/h4-5,9,11-17,21H,3,6-8,10,18-20,22-23H2,1-2H3,(H,35,42). The Morgan fingerprint density at radius 3 is 2.40 bits per heavy atom. The highest BCUT2D eigenvalue weighted by Crippen LogP contribution is 2.33. The lowest BCUT2D eigenvalue weighted by atomic mass is 10.0. The second kappa shape index (κ2) is 14.8. The minimum atomic E-state index is -3.61. The Kier molecular flexibility index (Phi) is 10.3. The first-order chi connectivity index (χ1) is 23.3. The average Bonchev–Trinajstić information content (AvgIpc) is 3.55. The van der Waals surface area contributed by atoms with Gasteiger partial charge in [-0.05, 0) is 73.7 Å². The Morgan fingerprint density at radius 1 is 0.875 bits per heavy atom. The highest BCUT2D eigenvalue weighted by molar-refractivity contribution is 7.99. The molecule has 1 N–H and O–H groups in total. The van der Waals surface area contributed by atoms with Gasteiger partial charge in [0, 0.05) is 37.0 Å². The van der Waals surface area contributed by atoms with Crippen LogP contribution in [-0.2, 0) is 27.8 Å². The number of aromatic nitrogens is 3. The molecular weight excluding hydrogens is 653 g/mol. The zero-order chi connectivity index (χ0) is 33.7. The van der Waals surface area contributed by atoms with Crippen molar-refractivity contribution in [2.24, 2.45) is 0 Å². The number of hydrogen-bond donors (Lipinski definition) is 1. The van der Waals surface area contributed by atoms with Crippen molar-refractivity contribution in [3.8, 4) is 17.2 Å². The van der Waals surface area contributed by atoms with Gasteiger partial charge in [0.25, 0.3) is 5.91 Å². The largest absolute Gasteiger partial charge is 0.497 e. The lowest BCUT2D eigenvalue weighted by molar-refractivity contribution is -0.116. The maximum absolute atomic E-state index is 13.5. The highest BCUT2D eigenvalue weighted by atomic mass is 32.2. The SMILES string of the molecule is COc1ccc(OC)c(-n2c(CNC(=O)c3ccc(S(=O)(=O)N4CCCCC4)cc3)nnc2SCC(=O)N2CCCc3ccccc32)c1. The number of benzene rings is 3. The number of piperidine rings is 1. The van der Waals surface area contributed by atoms with Crippen LogP contribution in [-0.4, -0.2) is 78.9 Å². The Morgan fingerprint density at radius 2 is 1.65 bits per heavy atom. The van der Waals surface area contributed by atoms with Gasteiger partial charge in [0.1, 0.15) is 11.5 Å². The smallest absolute Gasteiger partial charge is 0.251 e. The van der Waals surface area contributed by atoms with Crippen molar-refractivity contribution in [2.45, 2.75) is 48.7 Å². The molecule has 3 heterocycles. The summed E-state index contributed by atoms with van der Waals surface area (Å²) < 4.78 is 40.5. The molecule has 252 valence electrons. The Hall–Kier alpha value is -4.40. The summed E-state index contributed by atoms with van der Waals surface area (Å²) in [6.07, 6.45) is 4.54. The minimum Gasteiger partial charge on any atom is -0.497 e. The van der Waals surface area contributed by atoms with E-state index >= 15 is 0 Å². The first-order valence-corrected chi connectivity index (χ1v) is 18.3. The molecule has 1 saturated heterocycles. The number of fused-ring (bicyclic) bond motifs is 1. The summed E-state index contributed by atoms with van der Waals surface area (Å²) in [6.45, 7) is 1.65. The number of thioether (sulfide) groups is 1. The monoisotopic (exact) mass is 690 g/mol. The Bertz CT molecular complexity index is 1890. The molecule has 12 nitrogen and oxygen atoms in total. The molecule has 4 aromatic rings. The van der Waals surface area contributed by atoms with Crippen molar-refractivity contribution in [3.63, 3.8) is 0 Å². The number of methoxy groups -OCH3 is 2. The number of hydrogen-bond acceptors (Lipinski definition) is 9. The number of amides is 2. The molecule has 0 saturated carbocycles. The first kappa shape index (κ1) is 33.5. The van der Waals surface area contributed by atoms with E-state index in [2.05, 4.69) is 21.6 Å². The van der Waals surface area contributed by atoms with Gasteiger partial charge < -0.3 is 19.7 Å². The van der Waals surface area contributed by atoms with Crippen molar-refractivity contribution in [2.75, 3.05) is 44.5 Å². The third-order valence-corrected chi connectivity index (χ3v) is 11.4. The molecule has 1 fully saturated rings. The number of carbonyl (C=O) groups excluding carboxylic acids is 2. The van der Waals surface area contributed by atoms with Crippen LogP contribution < -0.4 is 19.7 Å². The Balaban J connectivity index is 1.21. The van der Waals surface area contributed by atoms with Crippen LogP contribution in [0.4, 0.5) is 5.69 Å². The number of carbonyl (C=O) groups is 2. The van der Waals surface area contributed by atoms with Gasteiger partial charge in [-0.1, -0.05) is 36.4 Å². The number of ether oxygens (including phenoxy) is 2. The third kappa shape index (κ3) is 7.05. The van der Waals surface area contributed by atoms with Crippen molar-refractivity contribution >= 4 is 39.3 Å². The number of aryl methyl sites for hydroxylation is 1. The molecular formula is C34H38N6O6S2. The van der Waals surface area contributed by atoms with E-state index in [0.717, 1.165) is 43.4 Å². The van der Waals surface area contributed by atoms with E-state index < -0.39 is 15.9 Å². The van der Waals surface area contributed by atoms with E-state index in [4.69, 9.17) is 9.47 Å². The Labute approximate surface area is 284 Å². The number of anilines is 1. The molecule has 2 amide bonds. The topological polar surface area (TPSA) is 136 Å². The van der Waals surface area contributed by atoms with Gasteiger partial charge in [0.15, 0.2) is 11.0 Å². The normalized spacial score (nSPS) is 15.1. The van der Waals surface area contributed by atoms with Gasteiger partial charge in [-0.15, -0.1) is 10.2 Å². The van der Waals surface area contributed by atoms with Gasteiger partial charge in [-0.25, -0.2) is 8.42 Å². The average molecular weight is 691 g/mol. The lowest BCUT2D eigenvalue weighted by Crippen LogP contribution is -2.36. The predicted molar refractivity (Wildman–Crippen MR) is 183 cm³/mol. The predicted octanol–water partition coefficient (Wildman–Crippen LogP) is 4.46. The summed E-state index contributed by atoms with van der Waals surface area (Å²) in [5, 5.41) is 12.1. The van der Waals surface area contributed by atoms with Crippen molar-refractivity contribution < 1.29 is 27.5 Å². The maximum atomic E-state index is 13.5. The van der Waals surface area contributed by atoms with E-state index in [1.165, 1.54) is 40.3 Å². The van der Waals surface area contributed by atoms with E-state index in [9.17, 15) is 18.0 Å². The van der Waals surface area contributed by atoms with E-state index in [0.29, 0.717) is 53.4 Å². The van der Waals surface area contributed by atoms with Crippen LogP contribution in [0, 0.1) is 0 Å². The van der Waals surface area contributed by atoms with Crippen molar-refractivity contribution in [1.29, 1.82) is 0 Å². The summed E-state index contributed by atoms with van der Waals surface area (Å²) in [7, 11) is -0.497. The van der Waals surface area contributed by atoms with Crippen LogP contribution >= 0.6 is 11.8 Å². The molecule has 1 aromatic heterocycles. The fourth-order valence-corrected chi connectivity index (χ4v) is 8.37. The molecule has 0 unspecified atom stereocenters. The highest BCUT2D eigenvalue weighted by Gasteiger charge is 2.27. The van der Waals surface area contributed by atoms with Crippen molar-refractivity contribution in [3.05, 3.63) is 83.7 Å². The summed E-state index contributed by atoms with van der Waals surface area (Å²) in [5.41, 5.74) is 2.98. The molecule has 3 aromatic carbocycles. The molecule has 48 heavy (non-hydrogen) atoms. The fourth-order valence-electron chi connectivity index (χ4n) is 6.01. The number of nitrogens with zero attached hydrogens (tertiary/aromatic N) is 5. The summed E-state index contributed by atoms with van der Waals surface area (Å²) in [4.78, 5) is 28.7. The second-order valence-electron chi connectivity index (χ2n) is 11.5. The molecule has 6 rings (SSSR count). The number of nitrogens with one attached hydrogen (secondary N) is 1. The molecule has 0 atom stereocenters. The lowest BCUT2D eigenvalue weighted by Gasteiger charge is -2.29. The van der Waals surface area contributed by atoms with Gasteiger partial charge in [0.2, 0.25) is 15.9 Å². The fraction of sp³-hybridized carbons (Fsp3) is 0.353. The number of sulfonamides is 1. The quantitative estimate of drug-likeness (QED) is 0.226. The molecule has 0 spiro atoms. The molecule has 2 aliphatic rings. The zero-order valence-corrected chi connectivity index (χ0v) is 28.6. The van der Waals surface area contributed by atoms with E-state index in [-0.39, 0.29) is 23.1 Å². The van der Waals surface area contributed by atoms with Gasteiger partial charge >= 0.3 is 0 Å². The minimum absolute atomic E-state index is 0.00592. The van der Waals surface area contributed by atoms with Gasteiger partial charge in [-0.3, -0.25) is 14.2 Å². The molecule has 14 heteroatoms.